The van der Waals surface area contributed by atoms with Crippen LogP contribution in [0.2, 0.25) is 0 Å². The van der Waals surface area contributed by atoms with Gasteiger partial charge in [0, 0.05) is 12.2 Å². The van der Waals surface area contributed by atoms with E-state index in [2.05, 4.69) is 16.0 Å². The molecule has 156 valence electrons. The van der Waals surface area contributed by atoms with Gasteiger partial charge in [0.15, 0.2) is 0 Å². The summed E-state index contributed by atoms with van der Waals surface area (Å²) in [5, 5.41) is 10.6. The Balaban J connectivity index is 1.60. The summed E-state index contributed by atoms with van der Waals surface area (Å²) in [4.78, 5) is 25.0. The largest absolute Gasteiger partial charge is 0.497 e. The maximum atomic E-state index is 12.7. The fourth-order valence-electron chi connectivity index (χ4n) is 3.17. The molecule has 6 nitrogen and oxygen atoms in total. The number of anilines is 1. The highest BCUT2D eigenvalue weighted by Gasteiger charge is 2.24. The fraction of sp³-hybridized carbons (Fsp3) is 0.250. The first-order valence-corrected chi connectivity index (χ1v) is 9.93. The summed E-state index contributed by atoms with van der Waals surface area (Å²) < 4.78 is 5.25. The normalized spacial score (nSPS) is 11.7. The van der Waals surface area contributed by atoms with Crippen LogP contribution in [-0.4, -0.2) is 25.1 Å². The number of rotatable bonds is 7. The molecule has 6 heteroatoms. The number of hydrogen-bond acceptors (Lipinski definition) is 3. The Hall–Kier alpha value is -3.54. The molecule has 0 radical (unpaired) electrons. The standard InChI is InChI=1S/C24H27N3O3/c1-16(2)22(27-24(29)26-20-7-5-4-6-8-20)23(28)25-15-17-9-10-19-14-21(30-3)12-11-18(19)13-17/h4-14,16,22H,15H2,1-3H3,(H,25,28)(H2,26,27,29)/t22-/m0/s1. The van der Waals surface area contributed by atoms with E-state index in [1.165, 1.54) is 0 Å². The molecule has 0 heterocycles. The Bertz CT molecular complexity index is 1020. The average Bonchev–Trinajstić information content (AvgIpc) is 2.75. The van der Waals surface area contributed by atoms with Crippen LogP contribution in [0.1, 0.15) is 19.4 Å². The molecule has 3 aromatic carbocycles. The molecule has 1 atom stereocenters. The zero-order valence-corrected chi connectivity index (χ0v) is 17.4. The highest BCUT2D eigenvalue weighted by atomic mass is 16.5. The van der Waals surface area contributed by atoms with Crippen LogP contribution in [0.5, 0.6) is 5.75 Å². The van der Waals surface area contributed by atoms with Crippen molar-refractivity contribution in [3.63, 3.8) is 0 Å². The lowest BCUT2D eigenvalue weighted by Crippen LogP contribution is -2.50. The molecule has 3 N–H and O–H groups in total. The molecule has 0 aliphatic rings. The van der Waals surface area contributed by atoms with Gasteiger partial charge in [-0.2, -0.15) is 0 Å². The first-order valence-electron chi connectivity index (χ1n) is 9.93. The van der Waals surface area contributed by atoms with Crippen molar-refractivity contribution >= 4 is 28.4 Å². The quantitative estimate of drug-likeness (QED) is 0.548. The first kappa shape index (κ1) is 21.2. The zero-order chi connectivity index (χ0) is 21.5. The molecule has 0 spiro atoms. The van der Waals surface area contributed by atoms with Crippen molar-refractivity contribution in [2.75, 3.05) is 12.4 Å². The Morgan fingerprint density at radius 3 is 2.33 bits per heavy atom. The fourth-order valence-corrected chi connectivity index (χ4v) is 3.17. The molecule has 3 aromatic rings. The van der Waals surface area contributed by atoms with Crippen molar-refractivity contribution in [3.05, 3.63) is 72.3 Å². The number of benzene rings is 3. The summed E-state index contributed by atoms with van der Waals surface area (Å²) in [6, 6.07) is 20.0. The Morgan fingerprint density at radius 2 is 1.63 bits per heavy atom. The lowest BCUT2D eigenvalue weighted by molar-refractivity contribution is -0.124. The van der Waals surface area contributed by atoms with Crippen molar-refractivity contribution in [2.45, 2.75) is 26.4 Å². The average molecular weight is 405 g/mol. The predicted molar refractivity (Wildman–Crippen MR) is 120 cm³/mol. The van der Waals surface area contributed by atoms with Crippen LogP contribution in [-0.2, 0) is 11.3 Å². The van der Waals surface area contributed by atoms with Crippen LogP contribution >= 0.6 is 0 Å². The van der Waals surface area contributed by atoms with Gasteiger partial charge in [0.1, 0.15) is 11.8 Å². The maximum absolute atomic E-state index is 12.7. The smallest absolute Gasteiger partial charge is 0.319 e. The van der Waals surface area contributed by atoms with Gasteiger partial charge in [-0.25, -0.2) is 4.79 Å². The summed E-state index contributed by atoms with van der Waals surface area (Å²) in [6.45, 7) is 4.18. The number of fused-ring (bicyclic) bond motifs is 1. The van der Waals surface area contributed by atoms with E-state index in [0.717, 1.165) is 22.1 Å². The molecular weight excluding hydrogens is 378 g/mol. The third-order valence-electron chi connectivity index (χ3n) is 4.85. The van der Waals surface area contributed by atoms with E-state index in [9.17, 15) is 9.59 Å². The minimum absolute atomic E-state index is 0.0596. The van der Waals surface area contributed by atoms with Gasteiger partial charge < -0.3 is 20.7 Å². The van der Waals surface area contributed by atoms with E-state index >= 15 is 0 Å². The molecule has 0 fully saturated rings. The number of para-hydroxylation sites is 1. The number of carbonyl (C=O) groups is 2. The van der Waals surface area contributed by atoms with E-state index in [4.69, 9.17) is 4.74 Å². The van der Waals surface area contributed by atoms with Gasteiger partial charge in [-0.15, -0.1) is 0 Å². The molecule has 0 saturated heterocycles. The molecule has 30 heavy (non-hydrogen) atoms. The van der Waals surface area contributed by atoms with Crippen LogP contribution in [0.25, 0.3) is 10.8 Å². The maximum Gasteiger partial charge on any atom is 0.319 e. The Morgan fingerprint density at radius 1 is 0.933 bits per heavy atom. The Labute approximate surface area is 176 Å². The van der Waals surface area contributed by atoms with Gasteiger partial charge in [0.2, 0.25) is 5.91 Å². The monoisotopic (exact) mass is 405 g/mol. The van der Waals surface area contributed by atoms with Crippen LogP contribution in [0.4, 0.5) is 10.5 Å². The SMILES string of the molecule is COc1ccc2cc(CNC(=O)[C@@H](NC(=O)Nc3ccccc3)C(C)C)ccc2c1. The number of methoxy groups -OCH3 is 1. The third-order valence-corrected chi connectivity index (χ3v) is 4.85. The van der Waals surface area contributed by atoms with Crippen molar-refractivity contribution in [1.29, 1.82) is 0 Å². The van der Waals surface area contributed by atoms with Gasteiger partial charge >= 0.3 is 6.03 Å². The van der Waals surface area contributed by atoms with Crippen molar-refractivity contribution in [2.24, 2.45) is 5.92 Å². The summed E-state index contributed by atoms with van der Waals surface area (Å²) >= 11 is 0. The first-order chi connectivity index (χ1) is 14.5. The van der Waals surface area contributed by atoms with Crippen molar-refractivity contribution < 1.29 is 14.3 Å². The molecule has 3 rings (SSSR count). The van der Waals surface area contributed by atoms with Crippen molar-refractivity contribution in [3.8, 4) is 5.75 Å². The second-order valence-electron chi connectivity index (χ2n) is 7.45. The van der Waals surface area contributed by atoms with Gasteiger partial charge in [-0.1, -0.05) is 50.2 Å². The highest BCUT2D eigenvalue weighted by molar-refractivity contribution is 5.93. The van der Waals surface area contributed by atoms with Crippen LogP contribution < -0.4 is 20.7 Å². The summed E-state index contributed by atoms with van der Waals surface area (Å²) in [6.07, 6.45) is 0. The van der Waals surface area contributed by atoms with E-state index in [1.54, 1.807) is 19.2 Å². The number of amides is 3. The minimum Gasteiger partial charge on any atom is -0.497 e. The molecule has 0 aliphatic carbocycles. The topological polar surface area (TPSA) is 79.5 Å². The van der Waals surface area contributed by atoms with Crippen LogP contribution in [0.3, 0.4) is 0 Å². The second-order valence-corrected chi connectivity index (χ2v) is 7.45. The molecule has 3 amide bonds. The lowest BCUT2D eigenvalue weighted by atomic mass is 10.0. The summed E-state index contributed by atoms with van der Waals surface area (Å²) in [5.41, 5.74) is 1.66. The van der Waals surface area contributed by atoms with Crippen LogP contribution in [0.15, 0.2) is 66.7 Å². The third kappa shape index (κ3) is 5.50. The molecule has 0 unspecified atom stereocenters. The number of nitrogens with one attached hydrogen (secondary N) is 3. The van der Waals surface area contributed by atoms with Crippen molar-refractivity contribution in [1.82, 2.24) is 10.6 Å². The van der Waals surface area contributed by atoms with Crippen LogP contribution in [0, 0.1) is 5.92 Å². The predicted octanol–water partition coefficient (Wildman–Crippen LogP) is 4.31. The van der Waals surface area contributed by atoms with E-state index < -0.39 is 12.1 Å². The lowest BCUT2D eigenvalue weighted by Gasteiger charge is -2.22. The van der Waals surface area contributed by atoms with Gasteiger partial charge in [-0.05, 0) is 52.6 Å². The minimum atomic E-state index is -0.640. The number of ether oxygens (including phenoxy) is 1. The summed E-state index contributed by atoms with van der Waals surface area (Å²) in [5.74, 6) is 0.529. The van der Waals surface area contributed by atoms with E-state index in [-0.39, 0.29) is 11.8 Å². The van der Waals surface area contributed by atoms with E-state index in [0.29, 0.717) is 12.2 Å². The number of urea groups is 1. The number of carbonyl (C=O) groups excluding carboxylic acids is 2. The molecular formula is C24H27N3O3. The second kappa shape index (κ2) is 9.78. The van der Waals surface area contributed by atoms with Gasteiger partial charge in [0.25, 0.3) is 0 Å². The molecule has 0 aromatic heterocycles. The molecule has 0 bridgehead atoms. The van der Waals surface area contributed by atoms with E-state index in [1.807, 2.05) is 68.4 Å². The summed E-state index contributed by atoms with van der Waals surface area (Å²) in [7, 11) is 1.64. The zero-order valence-electron chi connectivity index (χ0n) is 17.4. The molecule has 0 saturated carbocycles. The van der Waals surface area contributed by atoms with Gasteiger partial charge in [0.05, 0.1) is 7.11 Å². The Kier molecular flexibility index (Phi) is 6.91. The van der Waals surface area contributed by atoms with Gasteiger partial charge in [-0.3, -0.25) is 4.79 Å². The molecule has 0 aliphatic heterocycles. The number of hydrogen-bond donors (Lipinski definition) is 3. The highest BCUT2D eigenvalue weighted by Crippen LogP contribution is 2.21.